The number of nitrogens with zero attached hydrogens (tertiary/aromatic N) is 4. The number of carbonyl (C=O) groups excluding carboxylic acids is 3. The molecule has 3 heterocycles. The van der Waals surface area contributed by atoms with Crippen molar-refractivity contribution in [3.63, 3.8) is 0 Å². The Balaban J connectivity index is 1.24. The van der Waals surface area contributed by atoms with Gasteiger partial charge in [-0.25, -0.2) is 14.4 Å². The van der Waals surface area contributed by atoms with Crippen LogP contribution in [0.3, 0.4) is 0 Å². The van der Waals surface area contributed by atoms with Crippen molar-refractivity contribution in [2.24, 2.45) is 17.8 Å². The summed E-state index contributed by atoms with van der Waals surface area (Å²) in [5.74, 6) is -2.90. The van der Waals surface area contributed by atoms with E-state index in [1.807, 2.05) is 13.8 Å². The van der Waals surface area contributed by atoms with Gasteiger partial charge < -0.3 is 34.8 Å². The van der Waals surface area contributed by atoms with Crippen molar-refractivity contribution in [3.05, 3.63) is 90.5 Å². The lowest BCUT2D eigenvalue weighted by atomic mass is 9.79. The number of thioether (sulfide) groups is 1. The van der Waals surface area contributed by atoms with Crippen LogP contribution in [0, 0.1) is 38.0 Å². The van der Waals surface area contributed by atoms with Gasteiger partial charge in [-0.1, -0.05) is 13.8 Å². The minimum atomic E-state index is -1.25. The molecule has 0 saturated carbocycles. The molecule has 7 atom stereocenters. The van der Waals surface area contributed by atoms with Crippen molar-refractivity contribution in [2.75, 3.05) is 13.1 Å². The Morgan fingerprint density at radius 3 is 2.06 bits per heavy atom. The van der Waals surface area contributed by atoms with Gasteiger partial charge in [0, 0.05) is 59.5 Å². The highest BCUT2D eigenvalue weighted by Gasteiger charge is 2.60. The summed E-state index contributed by atoms with van der Waals surface area (Å²) in [6.07, 6.45) is -1.38. The van der Waals surface area contributed by atoms with Crippen molar-refractivity contribution in [1.29, 1.82) is 0 Å². The van der Waals surface area contributed by atoms with E-state index in [2.05, 4.69) is 5.32 Å². The number of aliphatic hydroxyl groups excluding tert-OH is 1. The summed E-state index contributed by atoms with van der Waals surface area (Å²) in [7, 11) is 0. The van der Waals surface area contributed by atoms with Gasteiger partial charge in [-0.05, 0) is 61.1 Å². The number of hydrogen-bond donors (Lipinski definition) is 3. The molecule has 0 spiro atoms. The molecule has 52 heavy (non-hydrogen) atoms. The third kappa shape index (κ3) is 8.28. The Kier molecular flexibility index (Phi) is 11.7. The summed E-state index contributed by atoms with van der Waals surface area (Å²) in [5.41, 5.74) is 0.822. The van der Waals surface area contributed by atoms with Crippen molar-refractivity contribution in [2.45, 2.75) is 70.3 Å². The second kappa shape index (κ2) is 16.0. The first-order valence-corrected chi connectivity index (χ1v) is 17.5. The van der Waals surface area contributed by atoms with Gasteiger partial charge in [0.1, 0.15) is 18.9 Å². The first kappa shape index (κ1) is 38.0. The number of nitrogens with one attached hydrogen (secondary N) is 1. The van der Waals surface area contributed by atoms with E-state index in [0.717, 1.165) is 0 Å². The number of benzene rings is 2. The van der Waals surface area contributed by atoms with Gasteiger partial charge in [0.25, 0.3) is 11.4 Å². The van der Waals surface area contributed by atoms with Crippen LogP contribution in [0.4, 0.5) is 21.0 Å². The third-order valence-corrected chi connectivity index (χ3v) is 11.0. The lowest BCUT2D eigenvalue weighted by molar-refractivity contribution is -0.385. The lowest BCUT2D eigenvalue weighted by Crippen LogP contribution is -2.63. The van der Waals surface area contributed by atoms with Crippen LogP contribution in [0.5, 0.6) is 0 Å². The van der Waals surface area contributed by atoms with Crippen LogP contribution < -0.4 is 5.32 Å². The monoisotopic (exact) mass is 741 g/mol. The fourth-order valence-corrected chi connectivity index (χ4v) is 8.49. The molecule has 1 unspecified atom stereocenters. The number of alkyl carbamates (subject to hydrolysis) is 1. The number of carboxylic acid groups (broad SMARTS) is 1. The molecule has 0 bridgehead atoms. The average Bonchev–Trinajstić information content (AvgIpc) is 3.60. The summed E-state index contributed by atoms with van der Waals surface area (Å²) in [4.78, 5) is 75.3. The number of β-lactam (4-membered cyclic amide) rings is 1. The Labute approximate surface area is 302 Å². The van der Waals surface area contributed by atoms with Crippen LogP contribution >= 0.6 is 11.8 Å². The molecular formula is C34H39N5O12S. The van der Waals surface area contributed by atoms with E-state index < -0.39 is 52.0 Å². The smallest absolute Gasteiger partial charge is 0.410 e. The quantitative estimate of drug-likeness (QED) is 0.138. The predicted octanol–water partition coefficient (Wildman–Crippen LogP) is 4.42. The zero-order valence-corrected chi connectivity index (χ0v) is 29.4. The SMILES string of the molecule is CC(CNC(=O)OCc1ccc([N+](=O)[O-])cc1)C[C@@H]1C[C@H](SC2=C(C(=O)O)N3C(=O)[C@H]([C@@H](C)O)[C@H]3[C@H]2C)CN1C(=O)OCc1ccc([N+](=O)[O-])cc1. The number of aliphatic hydroxyl groups is 1. The Morgan fingerprint density at radius 1 is 0.981 bits per heavy atom. The van der Waals surface area contributed by atoms with Crippen LogP contribution in [0.2, 0.25) is 0 Å². The lowest BCUT2D eigenvalue weighted by Gasteiger charge is -2.46. The summed E-state index contributed by atoms with van der Waals surface area (Å²) < 4.78 is 10.9. The number of amides is 3. The van der Waals surface area contributed by atoms with Gasteiger partial charge in [-0.2, -0.15) is 0 Å². The molecule has 2 saturated heterocycles. The largest absolute Gasteiger partial charge is 0.477 e. The number of ether oxygens (including phenoxy) is 2. The zero-order valence-electron chi connectivity index (χ0n) is 28.6. The number of aliphatic carboxylic acids is 1. The number of hydrogen-bond acceptors (Lipinski definition) is 12. The predicted molar refractivity (Wildman–Crippen MR) is 184 cm³/mol. The molecule has 3 amide bonds. The van der Waals surface area contributed by atoms with Gasteiger partial charge in [0.15, 0.2) is 0 Å². The fourth-order valence-electron chi connectivity index (χ4n) is 6.93. The van der Waals surface area contributed by atoms with Crippen LogP contribution in [0.25, 0.3) is 0 Å². The molecule has 0 aliphatic carbocycles. The van der Waals surface area contributed by atoms with E-state index in [1.54, 1.807) is 4.90 Å². The summed E-state index contributed by atoms with van der Waals surface area (Å²) >= 11 is 1.30. The molecule has 3 aliphatic heterocycles. The minimum absolute atomic E-state index is 0.0828. The molecule has 17 nitrogen and oxygen atoms in total. The van der Waals surface area contributed by atoms with E-state index in [-0.39, 0.29) is 66.5 Å². The number of fused-ring (bicyclic) bond motifs is 1. The van der Waals surface area contributed by atoms with E-state index in [9.17, 15) is 49.6 Å². The topological polar surface area (TPSA) is 232 Å². The number of non-ortho nitro benzene ring substituents is 2. The summed E-state index contributed by atoms with van der Waals surface area (Å²) in [5, 5.41) is 44.6. The minimum Gasteiger partial charge on any atom is -0.477 e. The number of carboxylic acids is 1. The van der Waals surface area contributed by atoms with Gasteiger partial charge in [0.2, 0.25) is 5.91 Å². The molecule has 2 aromatic carbocycles. The first-order valence-electron chi connectivity index (χ1n) is 16.6. The van der Waals surface area contributed by atoms with Crippen LogP contribution in [-0.4, -0.2) is 90.4 Å². The second-order valence-corrected chi connectivity index (χ2v) is 14.6. The van der Waals surface area contributed by atoms with Crippen LogP contribution in [-0.2, 0) is 32.3 Å². The van der Waals surface area contributed by atoms with Gasteiger partial charge in [-0.15, -0.1) is 11.8 Å². The zero-order chi connectivity index (χ0) is 37.9. The maximum Gasteiger partial charge on any atom is 0.410 e. The molecule has 278 valence electrons. The van der Waals surface area contributed by atoms with E-state index in [1.165, 1.54) is 72.1 Å². The van der Waals surface area contributed by atoms with Crippen molar-refractivity contribution >= 4 is 47.2 Å². The summed E-state index contributed by atoms with van der Waals surface area (Å²) in [6.45, 7) is 5.39. The standard InChI is InChI=1S/C34H39N5O12S/c1-18(14-35-33(44)50-16-21-4-8-23(9-5-21)38(46)47)12-25-13-26(15-36(25)34(45)51-17-22-6-10-24(11-7-22)39(48)49)52-30-19(2)28-27(20(3)40)31(41)37(28)29(30)32(42)43/h4-11,18-20,25-28,40H,12-17H2,1-3H3,(H,35,44)(H,42,43)/t18?,19-,20-,25-,26+,27-,28-/m1/s1. The Hall–Kier alpha value is -5.23. The maximum atomic E-state index is 13.5. The highest BCUT2D eigenvalue weighted by molar-refractivity contribution is 8.03. The second-order valence-electron chi connectivity index (χ2n) is 13.3. The molecule has 2 fully saturated rings. The molecular weight excluding hydrogens is 702 g/mol. The Bertz CT molecular complexity index is 1750. The molecule has 0 radical (unpaired) electrons. The van der Waals surface area contributed by atoms with Crippen LogP contribution in [0.1, 0.15) is 44.7 Å². The molecule has 5 rings (SSSR count). The number of rotatable bonds is 14. The average molecular weight is 742 g/mol. The van der Waals surface area contributed by atoms with E-state index >= 15 is 0 Å². The highest BCUT2D eigenvalue weighted by atomic mass is 32.2. The number of nitro groups is 2. The number of likely N-dealkylation sites (tertiary alicyclic amines) is 1. The molecule has 18 heteroatoms. The number of nitro benzene ring substituents is 2. The normalized spacial score (nSPS) is 23.4. The third-order valence-electron chi connectivity index (χ3n) is 9.51. The first-order chi connectivity index (χ1) is 24.7. The molecule has 3 N–H and O–H groups in total. The highest BCUT2D eigenvalue weighted by Crippen LogP contribution is 2.52. The summed E-state index contributed by atoms with van der Waals surface area (Å²) in [6, 6.07) is 10.4. The van der Waals surface area contributed by atoms with Gasteiger partial charge in [-0.3, -0.25) is 25.0 Å². The van der Waals surface area contributed by atoms with Crippen molar-refractivity contribution in [1.82, 2.24) is 15.1 Å². The molecule has 2 aromatic rings. The van der Waals surface area contributed by atoms with E-state index in [4.69, 9.17) is 9.47 Å². The van der Waals surface area contributed by atoms with Gasteiger partial charge >= 0.3 is 18.2 Å². The fraction of sp³-hybridized carbons (Fsp3) is 0.471. The van der Waals surface area contributed by atoms with Crippen molar-refractivity contribution < 1.29 is 48.7 Å². The van der Waals surface area contributed by atoms with Crippen LogP contribution in [0.15, 0.2) is 59.1 Å². The molecule has 3 aliphatic rings. The van der Waals surface area contributed by atoms with Crippen molar-refractivity contribution in [3.8, 4) is 0 Å². The van der Waals surface area contributed by atoms with Gasteiger partial charge in [0.05, 0.1) is 27.9 Å². The maximum absolute atomic E-state index is 13.5. The molecule has 0 aromatic heterocycles. The number of carbonyl (C=O) groups is 4. The van der Waals surface area contributed by atoms with E-state index in [0.29, 0.717) is 28.9 Å². The Morgan fingerprint density at radius 2 is 1.54 bits per heavy atom.